The van der Waals surface area contributed by atoms with Crippen LogP contribution in [0.2, 0.25) is 0 Å². The smallest absolute Gasteiger partial charge is 0.221 e. The van der Waals surface area contributed by atoms with Gasteiger partial charge in [0.05, 0.1) is 11.7 Å². The van der Waals surface area contributed by atoms with Crippen LogP contribution in [0.1, 0.15) is 12.0 Å². The lowest BCUT2D eigenvalue weighted by molar-refractivity contribution is -0.117. The Hall–Kier alpha value is -2.10. The first-order valence-corrected chi connectivity index (χ1v) is 5.03. The van der Waals surface area contributed by atoms with Gasteiger partial charge < -0.3 is 5.73 Å². The van der Waals surface area contributed by atoms with Crippen molar-refractivity contribution in [1.82, 2.24) is 9.78 Å². The van der Waals surface area contributed by atoms with Gasteiger partial charge in [0.25, 0.3) is 0 Å². The van der Waals surface area contributed by atoms with Crippen LogP contribution in [0.3, 0.4) is 0 Å². The van der Waals surface area contributed by atoms with Crippen LogP contribution in [0.25, 0.3) is 17.0 Å². The minimum atomic E-state index is -0.321. The number of hydrogen-bond donors (Lipinski definition) is 1. The third kappa shape index (κ3) is 2.11. The summed E-state index contributed by atoms with van der Waals surface area (Å²) in [5.74, 6) is -0.321. The molecule has 4 heteroatoms. The molecule has 0 fully saturated rings. The highest BCUT2D eigenvalue weighted by Gasteiger charge is 1.98. The fraction of sp³-hybridized carbons (Fsp3) is 0.167. The summed E-state index contributed by atoms with van der Waals surface area (Å²) in [6, 6.07) is 6.02. The zero-order valence-electron chi connectivity index (χ0n) is 9.05. The number of amides is 1. The molecular formula is C12H13N3O. The minimum absolute atomic E-state index is 0.267. The van der Waals surface area contributed by atoms with Crippen molar-refractivity contribution in [2.24, 2.45) is 12.8 Å². The van der Waals surface area contributed by atoms with Crippen molar-refractivity contribution in [2.45, 2.75) is 6.42 Å². The van der Waals surface area contributed by atoms with E-state index in [0.29, 0.717) is 0 Å². The normalized spacial score (nSPS) is 11.3. The molecule has 1 amide bonds. The van der Waals surface area contributed by atoms with Gasteiger partial charge in [-0.15, -0.1) is 0 Å². The fourth-order valence-electron chi connectivity index (χ4n) is 1.58. The molecule has 0 aliphatic heterocycles. The number of nitrogens with zero attached hydrogens (tertiary/aromatic N) is 2. The van der Waals surface area contributed by atoms with Crippen molar-refractivity contribution in [1.29, 1.82) is 0 Å². The summed E-state index contributed by atoms with van der Waals surface area (Å²) < 4.78 is 1.82. The Morgan fingerprint density at radius 3 is 3.12 bits per heavy atom. The second-order valence-electron chi connectivity index (χ2n) is 3.66. The van der Waals surface area contributed by atoms with E-state index in [4.69, 9.17) is 5.73 Å². The molecule has 1 aromatic carbocycles. The van der Waals surface area contributed by atoms with Crippen molar-refractivity contribution >= 4 is 22.9 Å². The molecule has 0 saturated heterocycles. The van der Waals surface area contributed by atoms with Gasteiger partial charge in [0.1, 0.15) is 0 Å². The number of rotatable bonds is 3. The van der Waals surface area contributed by atoms with Gasteiger partial charge in [-0.2, -0.15) is 5.10 Å². The molecule has 1 heterocycles. The van der Waals surface area contributed by atoms with Gasteiger partial charge in [-0.25, -0.2) is 0 Å². The van der Waals surface area contributed by atoms with Crippen LogP contribution in [-0.2, 0) is 11.8 Å². The SMILES string of the molecule is Cn1ncc2ccc(C=CCC(N)=O)cc21. The standard InChI is InChI=1S/C12H13N3O/c1-15-11-7-9(3-2-4-12(13)16)5-6-10(11)8-14-15/h2-3,5-8H,4H2,1H3,(H2,13,16). The molecule has 0 radical (unpaired) electrons. The lowest BCUT2D eigenvalue weighted by Gasteiger charge is -1.96. The van der Waals surface area contributed by atoms with E-state index in [9.17, 15) is 4.79 Å². The molecule has 0 unspecified atom stereocenters. The first-order chi connectivity index (χ1) is 7.66. The van der Waals surface area contributed by atoms with Crippen LogP contribution in [-0.4, -0.2) is 15.7 Å². The first kappa shape index (κ1) is 10.4. The van der Waals surface area contributed by atoms with Crippen LogP contribution >= 0.6 is 0 Å². The second kappa shape index (κ2) is 4.18. The zero-order chi connectivity index (χ0) is 11.5. The Balaban J connectivity index is 2.28. The molecule has 0 atom stereocenters. The summed E-state index contributed by atoms with van der Waals surface area (Å²) >= 11 is 0. The molecule has 0 bridgehead atoms. The van der Waals surface area contributed by atoms with Crippen molar-refractivity contribution in [3.05, 3.63) is 36.0 Å². The van der Waals surface area contributed by atoms with Crippen molar-refractivity contribution in [2.75, 3.05) is 0 Å². The average Bonchev–Trinajstić information content (AvgIpc) is 2.60. The highest BCUT2D eigenvalue weighted by molar-refractivity contribution is 5.81. The van der Waals surface area contributed by atoms with Crippen LogP contribution in [0, 0.1) is 0 Å². The van der Waals surface area contributed by atoms with Crippen molar-refractivity contribution in [3.63, 3.8) is 0 Å². The third-order valence-electron chi connectivity index (χ3n) is 2.40. The molecule has 82 valence electrons. The molecule has 0 saturated carbocycles. The molecular weight excluding hydrogens is 202 g/mol. The van der Waals surface area contributed by atoms with Gasteiger partial charge in [-0.05, 0) is 11.6 Å². The van der Waals surface area contributed by atoms with E-state index in [2.05, 4.69) is 5.10 Å². The number of carbonyl (C=O) groups is 1. The van der Waals surface area contributed by atoms with Gasteiger partial charge in [0.15, 0.2) is 0 Å². The van der Waals surface area contributed by atoms with Gasteiger partial charge in [0, 0.05) is 18.9 Å². The van der Waals surface area contributed by atoms with Crippen LogP contribution in [0.5, 0.6) is 0 Å². The molecule has 2 N–H and O–H groups in total. The van der Waals surface area contributed by atoms with Crippen molar-refractivity contribution < 1.29 is 4.79 Å². The Bertz CT molecular complexity index is 554. The topological polar surface area (TPSA) is 60.9 Å². The monoisotopic (exact) mass is 215 g/mol. The number of primary amides is 1. The number of aromatic nitrogens is 2. The Morgan fingerprint density at radius 2 is 2.38 bits per heavy atom. The summed E-state index contributed by atoms with van der Waals surface area (Å²) in [6.45, 7) is 0. The maximum absolute atomic E-state index is 10.6. The number of benzene rings is 1. The van der Waals surface area contributed by atoms with Crippen molar-refractivity contribution in [3.8, 4) is 0 Å². The Kier molecular flexibility index (Phi) is 2.72. The second-order valence-corrected chi connectivity index (χ2v) is 3.66. The van der Waals surface area contributed by atoms with E-state index in [0.717, 1.165) is 16.5 Å². The van der Waals surface area contributed by atoms with Gasteiger partial charge in [0.2, 0.25) is 5.91 Å². The lowest BCUT2D eigenvalue weighted by Crippen LogP contribution is -2.07. The molecule has 4 nitrogen and oxygen atoms in total. The Labute approximate surface area is 93.4 Å². The highest BCUT2D eigenvalue weighted by Crippen LogP contribution is 2.15. The quantitative estimate of drug-likeness (QED) is 0.842. The summed E-state index contributed by atoms with van der Waals surface area (Å²) in [5, 5.41) is 5.27. The number of nitrogens with two attached hydrogens (primary N) is 1. The largest absolute Gasteiger partial charge is 0.369 e. The molecule has 2 aromatic rings. The lowest BCUT2D eigenvalue weighted by atomic mass is 10.1. The zero-order valence-corrected chi connectivity index (χ0v) is 9.05. The summed E-state index contributed by atoms with van der Waals surface area (Å²) in [4.78, 5) is 10.6. The summed E-state index contributed by atoms with van der Waals surface area (Å²) in [5.41, 5.74) is 7.16. The number of aryl methyl sites for hydroxylation is 1. The van der Waals surface area contributed by atoms with Crippen LogP contribution < -0.4 is 5.73 Å². The van der Waals surface area contributed by atoms with Crippen LogP contribution in [0.4, 0.5) is 0 Å². The number of hydrogen-bond acceptors (Lipinski definition) is 2. The summed E-state index contributed by atoms with van der Waals surface area (Å²) in [7, 11) is 1.90. The Morgan fingerprint density at radius 1 is 1.56 bits per heavy atom. The minimum Gasteiger partial charge on any atom is -0.369 e. The van der Waals surface area contributed by atoms with E-state index < -0.39 is 0 Å². The maximum Gasteiger partial charge on any atom is 0.221 e. The van der Waals surface area contributed by atoms with E-state index in [1.807, 2.05) is 42.2 Å². The number of carbonyl (C=O) groups excluding carboxylic acids is 1. The molecule has 16 heavy (non-hydrogen) atoms. The van der Waals surface area contributed by atoms with Gasteiger partial charge >= 0.3 is 0 Å². The van der Waals surface area contributed by atoms with E-state index >= 15 is 0 Å². The first-order valence-electron chi connectivity index (χ1n) is 5.03. The third-order valence-corrected chi connectivity index (χ3v) is 2.40. The average molecular weight is 215 g/mol. The summed E-state index contributed by atoms with van der Waals surface area (Å²) in [6.07, 6.45) is 5.74. The molecule has 2 rings (SSSR count). The van der Waals surface area contributed by atoms with Gasteiger partial charge in [-0.1, -0.05) is 24.3 Å². The maximum atomic E-state index is 10.6. The predicted molar refractivity (Wildman–Crippen MR) is 63.6 cm³/mol. The van der Waals surface area contributed by atoms with E-state index in [1.54, 1.807) is 6.08 Å². The predicted octanol–water partition coefficient (Wildman–Crippen LogP) is 1.46. The molecule has 1 aromatic heterocycles. The highest BCUT2D eigenvalue weighted by atomic mass is 16.1. The molecule has 0 spiro atoms. The number of fused-ring (bicyclic) bond motifs is 1. The fourth-order valence-corrected chi connectivity index (χ4v) is 1.58. The molecule has 0 aliphatic carbocycles. The van der Waals surface area contributed by atoms with E-state index in [-0.39, 0.29) is 12.3 Å². The van der Waals surface area contributed by atoms with E-state index in [1.165, 1.54) is 0 Å². The van der Waals surface area contributed by atoms with Gasteiger partial charge in [-0.3, -0.25) is 9.48 Å². The molecule has 0 aliphatic rings. The van der Waals surface area contributed by atoms with Crippen LogP contribution in [0.15, 0.2) is 30.5 Å².